The van der Waals surface area contributed by atoms with Crippen molar-refractivity contribution in [3.8, 4) is 22.5 Å². The number of ether oxygens (including phenoxy) is 1. The molecule has 0 aliphatic rings. The lowest BCUT2D eigenvalue weighted by atomic mass is 10.1. The molecule has 118 valence electrons. The van der Waals surface area contributed by atoms with Gasteiger partial charge in [0.2, 0.25) is 0 Å². The zero-order valence-electron chi connectivity index (χ0n) is 12.3. The van der Waals surface area contributed by atoms with Gasteiger partial charge in [0, 0.05) is 22.7 Å². The molecule has 1 heterocycles. The second-order valence-electron chi connectivity index (χ2n) is 4.94. The molecule has 0 fully saturated rings. The van der Waals surface area contributed by atoms with Gasteiger partial charge in [-0.05, 0) is 58.4 Å². The summed E-state index contributed by atoms with van der Waals surface area (Å²) in [6.45, 7) is 0.178. The Bertz CT molecular complexity index is 811. The van der Waals surface area contributed by atoms with Crippen LogP contribution in [-0.4, -0.2) is 16.9 Å². The summed E-state index contributed by atoms with van der Waals surface area (Å²) in [5, 5.41) is 4.44. The summed E-state index contributed by atoms with van der Waals surface area (Å²) in [5.74, 6) is -0.676. The van der Waals surface area contributed by atoms with E-state index in [2.05, 4.69) is 21.0 Å². The number of halogens is 3. The first kappa shape index (κ1) is 15.8. The van der Waals surface area contributed by atoms with Crippen molar-refractivity contribution >= 4 is 15.9 Å². The van der Waals surface area contributed by atoms with Crippen LogP contribution in [0.15, 0.2) is 53.0 Å². The Labute approximate surface area is 140 Å². The number of aromatic nitrogens is 2. The largest absolute Gasteiger partial charge is 0.362 e. The molecule has 0 N–H and O–H groups in total. The van der Waals surface area contributed by atoms with E-state index in [0.717, 1.165) is 5.56 Å². The highest BCUT2D eigenvalue weighted by Crippen LogP contribution is 2.33. The molecule has 0 aliphatic heterocycles. The van der Waals surface area contributed by atoms with E-state index in [1.165, 1.54) is 18.2 Å². The van der Waals surface area contributed by atoms with Crippen molar-refractivity contribution in [1.29, 1.82) is 0 Å². The number of rotatable bonds is 4. The van der Waals surface area contributed by atoms with Crippen LogP contribution >= 0.6 is 15.9 Å². The zero-order chi connectivity index (χ0) is 16.4. The third kappa shape index (κ3) is 3.18. The monoisotopic (exact) mass is 378 g/mol. The van der Waals surface area contributed by atoms with Crippen LogP contribution < -0.4 is 0 Å². The first-order valence-electron chi connectivity index (χ1n) is 6.87. The quantitative estimate of drug-likeness (QED) is 0.647. The van der Waals surface area contributed by atoms with Crippen LogP contribution in [0.1, 0.15) is 0 Å². The molecule has 23 heavy (non-hydrogen) atoms. The van der Waals surface area contributed by atoms with Gasteiger partial charge in [0.25, 0.3) is 0 Å². The van der Waals surface area contributed by atoms with Crippen molar-refractivity contribution in [1.82, 2.24) is 9.78 Å². The Morgan fingerprint density at radius 2 is 1.87 bits per heavy atom. The molecule has 1 aromatic heterocycles. The maximum absolute atomic E-state index is 14.3. The van der Waals surface area contributed by atoms with E-state index in [0.29, 0.717) is 21.4 Å². The van der Waals surface area contributed by atoms with Gasteiger partial charge in [0.1, 0.15) is 18.4 Å². The molecule has 6 heteroatoms. The molecular formula is C17H13BrF2N2O. The number of methoxy groups -OCH3 is 1. The van der Waals surface area contributed by atoms with Crippen molar-refractivity contribution in [3.05, 3.63) is 64.6 Å². The Morgan fingerprint density at radius 3 is 2.52 bits per heavy atom. The smallest absolute Gasteiger partial charge is 0.139 e. The Hall–Kier alpha value is -2.05. The van der Waals surface area contributed by atoms with E-state index in [1.807, 2.05) is 0 Å². The van der Waals surface area contributed by atoms with Gasteiger partial charge in [-0.1, -0.05) is 6.07 Å². The summed E-state index contributed by atoms with van der Waals surface area (Å²) in [4.78, 5) is 0. The van der Waals surface area contributed by atoms with Gasteiger partial charge in [0.15, 0.2) is 0 Å². The fraction of sp³-hybridized carbons (Fsp3) is 0.118. The van der Waals surface area contributed by atoms with Crippen molar-refractivity contribution in [2.75, 3.05) is 7.11 Å². The van der Waals surface area contributed by atoms with E-state index in [4.69, 9.17) is 4.74 Å². The second kappa shape index (κ2) is 6.60. The number of nitrogens with zero attached hydrogens (tertiary/aromatic N) is 2. The Balaban J connectivity index is 2.15. The summed E-state index contributed by atoms with van der Waals surface area (Å²) in [7, 11) is 1.54. The molecule has 0 unspecified atom stereocenters. The van der Waals surface area contributed by atoms with Crippen LogP contribution in [0, 0.1) is 11.6 Å². The van der Waals surface area contributed by atoms with Crippen molar-refractivity contribution < 1.29 is 13.5 Å². The van der Waals surface area contributed by atoms with Gasteiger partial charge in [-0.15, -0.1) is 0 Å². The van der Waals surface area contributed by atoms with Crippen molar-refractivity contribution in [3.63, 3.8) is 0 Å². The summed E-state index contributed by atoms with van der Waals surface area (Å²) in [5.41, 5.74) is 2.35. The highest BCUT2D eigenvalue weighted by Gasteiger charge is 2.17. The molecular weight excluding hydrogens is 366 g/mol. The van der Waals surface area contributed by atoms with Crippen molar-refractivity contribution in [2.45, 2.75) is 6.73 Å². The van der Waals surface area contributed by atoms with Gasteiger partial charge in [-0.25, -0.2) is 13.5 Å². The lowest BCUT2D eigenvalue weighted by Gasteiger charge is -2.08. The van der Waals surface area contributed by atoms with E-state index in [9.17, 15) is 8.78 Å². The molecule has 0 saturated carbocycles. The van der Waals surface area contributed by atoms with E-state index >= 15 is 0 Å². The van der Waals surface area contributed by atoms with E-state index < -0.39 is 0 Å². The summed E-state index contributed by atoms with van der Waals surface area (Å²) in [6, 6.07) is 12.5. The third-order valence-electron chi connectivity index (χ3n) is 3.39. The fourth-order valence-corrected chi connectivity index (χ4v) is 2.89. The van der Waals surface area contributed by atoms with Crippen LogP contribution in [0.4, 0.5) is 8.78 Å². The van der Waals surface area contributed by atoms with Gasteiger partial charge in [-0.2, -0.15) is 5.10 Å². The molecule has 3 aromatic rings. The fourth-order valence-electron chi connectivity index (χ4n) is 2.34. The van der Waals surface area contributed by atoms with Gasteiger partial charge in [0.05, 0.1) is 11.4 Å². The van der Waals surface area contributed by atoms with Crippen molar-refractivity contribution in [2.24, 2.45) is 0 Å². The van der Waals surface area contributed by atoms with E-state index in [-0.39, 0.29) is 18.4 Å². The average molecular weight is 379 g/mol. The summed E-state index contributed by atoms with van der Waals surface area (Å²) < 4.78 is 34.7. The maximum Gasteiger partial charge on any atom is 0.139 e. The van der Waals surface area contributed by atoms with Gasteiger partial charge in [-0.3, -0.25) is 0 Å². The van der Waals surface area contributed by atoms with Crippen LogP contribution in [0.3, 0.4) is 0 Å². The van der Waals surface area contributed by atoms with Crippen LogP contribution in [-0.2, 0) is 11.5 Å². The molecule has 0 atom stereocenters. The minimum Gasteiger partial charge on any atom is -0.362 e. The normalized spacial score (nSPS) is 11.0. The minimum absolute atomic E-state index is 0.178. The number of benzene rings is 2. The van der Waals surface area contributed by atoms with Crippen LogP contribution in [0.25, 0.3) is 22.5 Å². The molecule has 2 aromatic carbocycles. The first-order valence-corrected chi connectivity index (χ1v) is 7.66. The maximum atomic E-state index is 14.3. The standard InChI is InChI=1S/C17H13BrF2N2O/c1-23-10-22-16(17-13(18)3-2-4-14(17)20)9-15(21-22)11-5-7-12(19)8-6-11/h2-9H,10H2,1H3. The molecule has 0 amide bonds. The van der Waals surface area contributed by atoms with E-state index in [1.54, 1.807) is 42.1 Å². The van der Waals surface area contributed by atoms with Crippen LogP contribution in [0.2, 0.25) is 0 Å². The predicted molar refractivity (Wildman–Crippen MR) is 87.7 cm³/mol. The molecule has 0 bridgehead atoms. The molecule has 0 spiro atoms. The number of hydrogen-bond donors (Lipinski definition) is 0. The Kier molecular flexibility index (Phi) is 4.54. The molecule has 3 rings (SSSR count). The lowest BCUT2D eigenvalue weighted by Crippen LogP contribution is -2.05. The van der Waals surface area contributed by atoms with Gasteiger partial charge < -0.3 is 4.74 Å². The first-order chi connectivity index (χ1) is 11.1. The molecule has 3 nitrogen and oxygen atoms in total. The number of hydrogen-bond acceptors (Lipinski definition) is 2. The topological polar surface area (TPSA) is 27.1 Å². The predicted octanol–water partition coefficient (Wildman–Crippen LogP) is 4.86. The molecule has 0 saturated heterocycles. The molecule has 0 radical (unpaired) electrons. The SMILES string of the molecule is COCn1nc(-c2ccc(F)cc2)cc1-c1c(F)cccc1Br. The zero-order valence-corrected chi connectivity index (χ0v) is 13.8. The average Bonchev–Trinajstić information content (AvgIpc) is 2.92. The Morgan fingerprint density at radius 1 is 1.13 bits per heavy atom. The second-order valence-corrected chi connectivity index (χ2v) is 5.79. The molecule has 0 aliphatic carbocycles. The summed E-state index contributed by atoms with van der Waals surface area (Å²) in [6.07, 6.45) is 0. The highest BCUT2D eigenvalue weighted by molar-refractivity contribution is 9.10. The lowest BCUT2D eigenvalue weighted by molar-refractivity contribution is 0.122. The van der Waals surface area contributed by atoms with Gasteiger partial charge >= 0.3 is 0 Å². The minimum atomic E-state index is -0.359. The summed E-state index contributed by atoms with van der Waals surface area (Å²) >= 11 is 3.37. The third-order valence-corrected chi connectivity index (χ3v) is 4.05. The van der Waals surface area contributed by atoms with Crippen LogP contribution in [0.5, 0.6) is 0 Å². The highest BCUT2D eigenvalue weighted by atomic mass is 79.9.